The minimum Gasteiger partial charge on any atom is -0.863 e. The van der Waals surface area contributed by atoms with Crippen LogP contribution in [0.1, 0.15) is 0 Å². The molecule has 0 saturated carbocycles. The van der Waals surface area contributed by atoms with Gasteiger partial charge in [-0.05, 0) is 0 Å². The zero-order valence-corrected chi connectivity index (χ0v) is 13.6. The second-order valence-electron chi connectivity index (χ2n) is 4.89. The Hall–Kier alpha value is -2.57. The zero-order chi connectivity index (χ0) is 19.0. The number of nitrogens with zero attached hydrogens (tertiary/aromatic N) is 3. The highest BCUT2D eigenvalue weighted by atomic mass is 35.5. The minimum atomic E-state index is -1.46. The lowest BCUT2D eigenvalue weighted by molar-refractivity contribution is -0.905. The second-order valence-corrected chi connectivity index (χ2v) is 5.26. The van der Waals surface area contributed by atoms with Gasteiger partial charge in [0.15, 0.2) is 0 Å². The summed E-state index contributed by atoms with van der Waals surface area (Å²) in [6.07, 6.45) is 0. The van der Waals surface area contributed by atoms with Crippen LogP contribution < -0.4 is 10.0 Å². The molecule has 0 unspecified atom stereocenters. The molecule has 0 amide bonds. The van der Waals surface area contributed by atoms with Gasteiger partial charge in [-0.25, -0.2) is 0 Å². The highest BCUT2D eigenvalue weighted by Crippen LogP contribution is 2.36. The van der Waals surface area contributed by atoms with Crippen molar-refractivity contribution >= 4 is 28.7 Å². The van der Waals surface area contributed by atoms with Crippen molar-refractivity contribution in [2.45, 2.75) is 0 Å². The minimum absolute atomic E-state index is 0.384. The monoisotopic (exact) mass is 378 g/mol. The first-order valence-electron chi connectivity index (χ1n) is 7.03. The van der Waals surface area contributed by atoms with Crippen molar-refractivity contribution in [2.24, 2.45) is 0 Å². The molecule has 1 heterocycles. The average Bonchev–Trinajstić information content (AvgIpc) is 2.56. The fourth-order valence-corrected chi connectivity index (χ4v) is 2.27. The molecule has 0 bridgehead atoms. The maximum Gasteiger partial charge on any atom is 0.283 e. The molecule has 0 spiro atoms. The molecule has 1 N–H and O–H groups in total. The smallest absolute Gasteiger partial charge is 0.283 e. The predicted octanol–water partition coefficient (Wildman–Crippen LogP) is -0.375. The molecule has 1 aliphatic heterocycles. The molecule has 12 nitrogen and oxygen atoms in total. The first kappa shape index (κ1) is 20.5. The van der Waals surface area contributed by atoms with Gasteiger partial charge in [-0.1, -0.05) is 0 Å². The Labute approximate surface area is 146 Å². The van der Waals surface area contributed by atoms with Gasteiger partial charge in [-0.2, -0.15) is 0 Å². The molecule has 1 aliphatic rings. The molecule has 0 radical (unpaired) electrons. The van der Waals surface area contributed by atoms with Gasteiger partial charge in [0.25, 0.3) is 17.1 Å². The van der Waals surface area contributed by atoms with Gasteiger partial charge in [0, 0.05) is 0 Å². The number of ether oxygens (including phenoxy) is 1. The number of hydrogen-bond donors (Lipinski definition) is 1. The van der Waals surface area contributed by atoms with Crippen LogP contribution in [0, 0.1) is 30.3 Å². The molecule has 1 aromatic carbocycles. The summed E-state index contributed by atoms with van der Waals surface area (Å²) in [6.45, 7) is 5.17. The summed E-state index contributed by atoms with van der Waals surface area (Å²) in [7, 11) is 0. The molecule has 0 aromatic heterocycles. The van der Waals surface area contributed by atoms with Crippen molar-refractivity contribution in [3.05, 3.63) is 42.5 Å². The van der Waals surface area contributed by atoms with E-state index in [9.17, 15) is 35.4 Å². The van der Waals surface area contributed by atoms with E-state index in [-0.39, 0.29) is 0 Å². The largest absolute Gasteiger partial charge is 0.863 e. The number of morpholine rings is 1. The van der Waals surface area contributed by atoms with Crippen molar-refractivity contribution in [3.8, 4) is 5.75 Å². The van der Waals surface area contributed by atoms with Gasteiger partial charge in [-0.15, -0.1) is 11.6 Å². The van der Waals surface area contributed by atoms with Crippen LogP contribution in [0.5, 0.6) is 5.75 Å². The van der Waals surface area contributed by atoms with Crippen molar-refractivity contribution in [1.82, 2.24) is 0 Å². The third-order valence-electron chi connectivity index (χ3n) is 3.29. The average molecular weight is 379 g/mol. The van der Waals surface area contributed by atoms with Gasteiger partial charge in [0.2, 0.25) is 0 Å². The van der Waals surface area contributed by atoms with Crippen molar-refractivity contribution in [1.29, 1.82) is 0 Å². The highest BCUT2D eigenvalue weighted by Gasteiger charge is 2.24. The van der Waals surface area contributed by atoms with Crippen LogP contribution in [0.3, 0.4) is 0 Å². The number of benzene rings is 1. The van der Waals surface area contributed by atoms with E-state index in [0.29, 0.717) is 12.1 Å². The van der Waals surface area contributed by atoms with E-state index in [1.54, 1.807) is 4.90 Å². The Balaban J connectivity index is 0.000000293. The Morgan fingerprint density at radius 1 is 1.00 bits per heavy atom. The number of halogens is 1. The molecular weight excluding hydrogens is 364 g/mol. The van der Waals surface area contributed by atoms with Gasteiger partial charge in [0.05, 0.1) is 58.3 Å². The van der Waals surface area contributed by atoms with E-state index < -0.39 is 37.6 Å². The lowest BCUT2D eigenvalue weighted by Crippen LogP contribution is -3.14. The van der Waals surface area contributed by atoms with Gasteiger partial charge in [-0.3, -0.25) is 30.3 Å². The number of rotatable bonds is 5. The molecule has 138 valence electrons. The van der Waals surface area contributed by atoms with E-state index in [0.717, 1.165) is 38.7 Å². The summed E-state index contributed by atoms with van der Waals surface area (Å²) in [5.41, 5.74) is -3.26. The first-order chi connectivity index (χ1) is 11.8. The molecular formula is C12H15ClN4O8. The van der Waals surface area contributed by atoms with Crippen molar-refractivity contribution < 1.29 is 29.5 Å². The molecule has 1 fully saturated rings. The molecule has 1 saturated heterocycles. The van der Waals surface area contributed by atoms with E-state index in [2.05, 4.69) is 0 Å². The number of nitro benzene ring substituents is 3. The summed E-state index contributed by atoms with van der Waals surface area (Å²) in [4.78, 5) is 29.1. The Bertz CT molecular complexity index is 612. The van der Waals surface area contributed by atoms with Crippen molar-refractivity contribution in [3.63, 3.8) is 0 Å². The van der Waals surface area contributed by atoms with Gasteiger partial charge in [0.1, 0.15) is 13.1 Å². The zero-order valence-electron chi connectivity index (χ0n) is 12.9. The maximum atomic E-state index is 11.1. The number of quaternary nitrogens is 1. The number of nitrogens with one attached hydrogen (secondary N) is 1. The number of alkyl halides is 1. The van der Waals surface area contributed by atoms with Crippen LogP contribution in [0.2, 0.25) is 0 Å². The van der Waals surface area contributed by atoms with E-state index in [1.165, 1.54) is 0 Å². The summed E-state index contributed by atoms with van der Waals surface area (Å²) in [6, 6.07) is 0.769. The topological polar surface area (TPSA) is 166 Å². The van der Waals surface area contributed by atoms with Crippen LogP contribution in [0.4, 0.5) is 17.1 Å². The fraction of sp³-hybridized carbons (Fsp3) is 0.500. The molecule has 1 aromatic rings. The summed E-state index contributed by atoms with van der Waals surface area (Å²) < 4.78 is 5.18. The predicted molar refractivity (Wildman–Crippen MR) is 83.0 cm³/mol. The van der Waals surface area contributed by atoms with Gasteiger partial charge >= 0.3 is 0 Å². The third kappa shape index (κ3) is 6.10. The van der Waals surface area contributed by atoms with Crippen LogP contribution in [-0.4, -0.2) is 53.5 Å². The molecule has 2 rings (SSSR count). The Morgan fingerprint density at radius 2 is 1.48 bits per heavy atom. The standard InChI is InChI=1S/C6H12ClNO.C6H3N3O7/c7-1-2-8-3-5-9-6-4-8;10-6-4(8(13)14)1-3(7(11)12)2-5(6)9(15)16/h1-6H2;1-2,10H. The second kappa shape index (κ2) is 9.66. The lowest BCUT2D eigenvalue weighted by atomic mass is 10.2. The SMILES string of the molecule is ClCC[NH+]1CCOCC1.O=[N+]([O-])c1cc([N+](=O)[O-])c([O-])c([N+](=O)[O-])c1. The molecule has 13 heteroatoms. The first-order valence-corrected chi connectivity index (χ1v) is 7.56. The lowest BCUT2D eigenvalue weighted by Gasteiger charge is -2.22. The van der Waals surface area contributed by atoms with Crippen LogP contribution in [0.25, 0.3) is 0 Å². The quantitative estimate of drug-likeness (QED) is 0.411. The highest BCUT2D eigenvalue weighted by molar-refractivity contribution is 6.17. The van der Waals surface area contributed by atoms with E-state index >= 15 is 0 Å². The normalized spacial score (nSPS) is 14.3. The number of non-ortho nitro benzene ring substituents is 1. The van der Waals surface area contributed by atoms with E-state index in [4.69, 9.17) is 16.3 Å². The summed E-state index contributed by atoms with van der Waals surface area (Å²) >= 11 is 5.57. The number of hydrogen-bond acceptors (Lipinski definition) is 8. The molecule has 0 aliphatic carbocycles. The number of nitro groups is 3. The third-order valence-corrected chi connectivity index (χ3v) is 3.48. The molecule has 0 atom stereocenters. The Kier molecular flexibility index (Phi) is 7.91. The fourth-order valence-electron chi connectivity index (χ4n) is 2.00. The van der Waals surface area contributed by atoms with Crippen LogP contribution in [-0.2, 0) is 4.74 Å². The van der Waals surface area contributed by atoms with Crippen LogP contribution >= 0.6 is 11.6 Å². The van der Waals surface area contributed by atoms with Crippen molar-refractivity contribution in [2.75, 3.05) is 38.7 Å². The summed E-state index contributed by atoms with van der Waals surface area (Å²) in [5.74, 6) is -0.685. The maximum absolute atomic E-state index is 11.1. The van der Waals surface area contributed by atoms with Crippen LogP contribution in [0.15, 0.2) is 12.1 Å². The van der Waals surface area contributed by atoms with Gasteiger partial charge < -0.3 is 14.7 Å². The van der Waals surface area contributed by atoms with E-state index in [1.807, 2.05) is 0 Å². The summed E-state index contributed by atoms with van der Waals surface area (Å²) in [5, 5.41) is 42.1. The molecule has 25 heavy (non-hydrogen) atoms. The Morgan fingerprint density at radius 3 is 1.84 bits per heavy atom.